The number of hydrogen-bond acceptors (Lipinski definition) is 7. The van der Waals surface area contributed by atoms with Gasteiger partial charge in [0, 0.05) is 18.8 Å². The first-order valence-corrected chi connectivity index (χ1v) is 13.0. The van der Waals surface area contributed by atoms with Crippen LogP contribution in [0, 0.1) is 0 Å². The number of anilines is 2. The van der Waals surface area contributed by atoms with Gasteiger partial charge in [0.1, 0.15) is 11.5 Å². The van der Waals surface area contributed by atoms with Crippen LogP contribution in [-0.4, -0.2) is 47.7 Å². The molecule has 0 aromatic heterocycles. The number of esters is 1. The first-order valence-electron chi connectivity index (χ1n) is 11.6. The normalized spacial score (nSPS) is 11.0. The summed E-state index contributed by atoms with van der Waals surface area (Å²) < 4.78 is 42.9. The molecule has 0 unspecified atom stereocenters. The minimum atomic E-state index is -3.79. The second kappa shape index (κ2) is 11.7. The summed E-state index contributed by atoms with van der Waals surface area (Å²) in [6.45, 7) is -0.896. The molecular weight excluding hydrogens is 508 g/mol. The van der Waals surface area contributed by atoms with Crippen LogP contribution >= 0.6 is 0 Å². The van der Waals surface area contributed by atoms with Gasteiger partial charge >= 0.3 is 5.97 Å². The highest BCUT2D eigenvalue weighted by atomic mass is 32.2. The van der Waals surface area contributed by atoms with Crippen LogP contribution in [-0.2, 0) is 24.3 Å². The van der Waals surface area contributed by atoms with Gasteiger partial charge in [0.15, 0.2) is 13.2 Å². The number of amides is 1. The van der Waals surface area contributed by atoms with E-state index < -0.39 is 35.1 Å². The Bertz CT molecular complexity index is 1550. The number of benzene rings is 4. The summed E-state index contributed by atoms with van der Waals surface area (Å²) >= 11 is 0. The molecule has 0 saturated carbocycles. The fourth-order valence-electron chi connectivity index (χ4n) is 3.60. The highest BCUT2D eigenvalue weighted by Gasteiger charge is 2.21. The second-order valence-electron chi connectivity index (χ2n) is 8.20. The van der Waals surface area contributed by atoms with Crippen molar-refractivity contribution in [2.45, 2.75) is 4.90 Å². The van der Waals surface area contributed by atoms with E-state index in [9.17, 15) is 18.0 Å². The van der Waals surface area contributed by atoms with Gasteiger partial charge < -0.3 is 19.5 Å². The van der Waals surface area contributed by atoms with Gasteiger partial charge in [-0.1, -0.05) is 36.4 Å². The van der Waals surface area contributed by atoms with E-state index in [1.165, 1.54) is 18.5 Å². The zero-order valence-electron chi connectivity index (χ0n) is 20.8. The molecule has 0 aliphatic heterocycles. The number of nitrogens with zero attached hydrogens (tertiary/aromatic N) is 1. The van der Waals surface area contributed by atoms with Crippen LogP contribution in [0.2, 0.25) is 0 Å². The zero-order chi connectivity index (χ0) is 27.1. The van der Waals surface area contributed by atoms with Crippen molar-refractivity contribution in [1.29, 1.82) is 0 Å². The minimum absolute atomic E-state index is 0.178. The molecule has 0 radical (unpaired) electrons. The Hall–Kier alpha value is -4.57. The molecule has 4 aromatic carbocycles. The van der Waals surface area contributed by atoms with Crippen LogP contribution in [0.1, 0.15) is 0 Å². The van der Waals surface area contributed by atoms with Crippen molar-refractivity contribution in [2.75, 3.05) is 37.0 Å². The fourth-order valence-corrected chi connectivity index (χ4v) is 4.84. The number of ether oxygens (including phenoxy) is 3. The molecule has 1 amide bonds. The maximum absolute atomic E-state index is 13.1. The molecule has 0 atom stereocenters. The molecule has 0 saturated heterocycles. The van der Waals surface area contributed by atoms with Crippen LogP contribution in [0.3, 0.4) is 0 Å². The third kappa shape index (κ3) is 6.40. The number of fused-ring (bicyclic) bond motifs is 1. The Labute approximate surface area is 220 Å². The molecule has 0 spiro atoms. The average molecular weight is 535 g/mol. The van der Waals surface area contributed by atoms with Crippen LogP contribution in [0.4, 0.5) is 11.4 Å². The zero-order valence-corrected chi connectivity index (χ0v) is 21.6. The van der Waals surface area contributed by atoms with Gasteiger partial charge in [0.05, 0.1) is 17.7 Å². The standard InChI is InChI=1S/C28H26N2O7S/c1-30(38(33,34)26-15-10-20-6-3-4-7-21(20)16-26)23-11-13-24(14-12-23)36-19-28(32)37-18-27(31)29-22-8-5-9-25(17-22)35-2/h3-17H,18-19H2,1-2H3,(H,29,31). The summed E-state index contributed by atoms with van der Waals surface area (Å²) in [5.74, 6) is -0.322. The number of methoxy groups -OCH3 is 1. The molecule has 10 heteroatoms. The monoisotopic (exact) mass is 534 g/mol. The molecule has 1 N–H and O–H groups in total. The van der Waals surface area contributed by atoms with Crippen molar-refractivity contribution in [2.24, 2.45) is 0 Å². The van der Waals surface area contributed by atoms with Gasteiger partial charge in [-0.15, -0.1) is 0 Å². The molecular formula is C28H26N2O7S. The van der Waals surface area contributed by atoms with E-state index in [1.54, 1.807) is 66.7 Å². The summed E-state index contributed by atoms with van der Waals surface area (Å²) in [6, 6.07) is 25.5. The second-order valence-corrected chi connectivity index (χ2v) is 10.2. The fraction of sp³-hybridized carbons (Fsp3) is 0.143. The lowest BCUT2D eigenvalue weighted by Crippen LogP contribution is -2.26. The number of hydrogen-bond donors (Lipinski definition) is 1. The van der Waals surface area contributed by atoms with Crippen molar-refractivity contribution in [3.63, 3.8) is 0 Å². The van der Waals surface area contributed by atoms with Crippen molar-refractivity contribution in [3.8, 4) is 11.5 Å². The van der Waals surface area contributed by atoms with E-state index in [-0.39, 0.29) is 4.90 Å². The SMILES string of the molecule is COc1cccc(NC(=O)COC(=O)COc2ccc(N(C)S(=O)(=O)c3ccc4ccccc4c3)cc2)c1. The molecule has 0 bridgehead atoms. The van der Waals surface area contributed by atoms with E-state index >= 15 is 0 Å². The smallest absolute Gasteiger partial charge is 0.344 e. The predicted octanol–water partition coefficient (Wildman–Crippen LogP) is 4.23. The van der Waals surface area contributed by atoms with Crippen molar-refractivity contribution >= 4 is 44.0 Å². The summed E-state index contributed by atoms with van der Waals surface area (Å²) in [7, 11) is -0.808. The van der Waals surface area contributed by atoms with Crippen molar-refractivity contribution in [1.82, 2.24) is 0 Å². The molecule has 0 heterocycles. The lowest BCUT2D eigenvalue weighted by molar-refractivity contribution is -0.149. The van der Waals surface area contributed by atoms with Gasteiger partial charge in [0.25, 0.3) is 15.9 Å². The average Bonchev–Trinajstić information content (AvgIpc) is 2.94. The van der Waals surface area contributed by atoms with Gasteiger partial charge in [-0.25, -0.2) is 13.2 Å². The minimum Gasteiger partial charge on any atom is -0.497 e. The van der Waals surface area contributed by atoms with Gasteiger partial charge in [-0.2, -0.15) is 0 Å². The number of carbonyl (C=O) groups excluding carboxylic acids is 2. The summed E-state index contributed by atoms with van der Waals surface area (Å²) in [6.07, 6.45) is 0. The molecule has 9 nitrogen and oxygen atoms in total. The van der Waals surface area contributed by atoms with Gasteiger partial charge in [0.2, 0.25) is 0 Å². The molecule has 38 heavy (non-hydrogen) atoms. The largest absolute Gasteiger partial charge is 0.497 e. The maximum Gasteiger partial charge on any atom is 0.344 e. The lowest BCUT2D eigenvalue weighted by atomic mass is 10.1. The number of rotatable bonds is 10. The van der Waals surface area contributed by atoms with Crippen LogP contribution in [0.15, 0.2) is 95.9 Å². The summed E-state index contributed by atoms with van der Waals surface area (Å²) in [5, 5.41) is 4.38. The van der Waals surface area contributed by atoms with E-state index in [1.807, 2.05) is 24.3 Å². The van der Waals surface area contributed by atoms with Crippen molar-refractivity contribution < 1.29 is 32.2 Å². The Morgan fingerprint density at radius 2 is 1.55 bits per heavy atom. The topological polar surface area (TPSA) is 111 Å². The Morgan fingerprint density at radius 1 is 0.816 bits per heavy atom. The summed E-state index contributed by atoms with van der Waals surface area (Å²) in [4.78, 5) is 24.2. The van der Waals surface area contributed by atoms with E-state index in [0.29, 0.717) is 22.9 Å². The molecule has 0 aliphatic carbocycles. The highest BCUT2D eigenvalue weighted by molar-refractivity contribution is 7.92. The lowest BCUT2D eigenvalue weighted by Gasteiger charge is -2.20. The summed E-state index contributed by atoms with van der Waals surface area (Å²) in [5.41, 5.74) is 0.927. The van der Waals surface area contributed by atoms with Crippen LogP contribution in [0.5, 0.6) is 11.5 Å². The quantitative estimate of drug-likeness (QED) is 0.303. The first kappa shape index (κ1) is 26.5. The third-order valence-electron chi connectivity index (χ3n) is 5.65. The van der Waals surface area contributed by atoms with Gasteiger partial charge in [-0.3, -0.25) is 9.10 Å². The first-order chi connectivity index (χ1) is 18.3. The maximum atomic E-state index is 13.1. The number of nitrogens with one attached hydrogen (secondary N) is 1. The van der Waals surface area contributed by atoms with E-state index in [2.05, 4.69) is 5.32 Å². The molecule has 0 fully saturated rings. The molecule has 0 aliphatic rings. The third-order valence-corrected chi connectivity index (χ3v) is 7.44. The number of sulfonamides is 1. The number of carbonyl (C=O) groups is 2. The molecule has 4 aromatic rings. The molecule has 4 rings (SSSR count). The Balaban J connectivity index is 1.29. The Morgan fingerprint density at radius 3 is 2.29 bits per heavy atom. The highest BCUT2D eigenvalue weighted by Crippen LogP contribution is 2.26. The van der Waals surface area contributed by atoms with Gasteiger partial charge in [-0.05, 0) is 59.3 Å². The van der Waals surface area contributed by atoms with E-state index in [0.717, 1.165) is 10.8 Å². The van der Waals surface area contributed by atoms with E-state index in [4.69, 9.17) is 14.2 Å². The van der Waals surface area contributed by atoms with Crippen molar-refractivity contribution in [3.05, 3.63) is 91.0 Å². The molecule has 196 valence electrons. The van der Waals surface area contributed by atoms with Crippen LogP contribution in [0.25, 0.3) is 10.8 Å². The van der Waals surface area contributed by atoms with Crippen LogP contribution < -0.4 is 19.1 Å². The Kier molecular flexibility index (Phi) is 8.12. The predicted molar refractivity (Wildman–Crippen MR) is 144 cm³/mol.